The average Bonchev–Trinajstić information content (AvgIpc) is 2.52. The molecule has 1 amide bonds. The number of β-amino-alcohol motifs (C(OH)–C–C–N with tert-alkyl or cyclic N) is 1. The lowest BCUT2D eigenvalue weighted by molar-refractivity contribution is -0.117. The number of carbonyl (C=O) groups is 1. The molecule has 0 radical (unpaired) electrons. The molecule has 0 aromatic carbocycles. The van der Waals surface area contributed by atoms with Crippen LogP contribution in [0.2, 0.25) is 5.02 Å². The Kier molecular flexibility index (Phi) is 7.10. The molecule has 0 aliphatic carbocycles. The molecule has 1 aromatic rings. The number of pyridine rings is 1. The van der Waals surface area contributed by atoms with Crippen LogP contribution >= 0.6 is 23.4 Å². The van der Waals surface area contributed by atoms with Gasteiger partial charge in [-0.3, -0.25) is 14.6 Å². The molecule has 0 unspecified atom stereocenters. The number of nitrogens with one attached hydrogen (secondary N) is 1. The molecule has 0 saturated carbocycles. The highest BCUT2D eigenvalue weighted by Crippen LogP contribution is 2.31. The lowest BCUT2D eigenvalue weighted by atomic mass is 10.3. The van der Waals surface area contributed by atoms with Gasteiger partial charge in [0.1, 0.15) is 5.03 Å². The van der Waals surface area contributed by atoms with E-state index in [-0.39, 0.29) is 12.5 Å². The fraction of sp³-hybridized carbons (Fsp3) is 0.600. The van der Waals surface area contributed by atoms with Crippen molar-refractivity contribution in [1.82, 2.24) is 14.8 Å². The molecule has 1 aromatic heterocycles. The summed E-state index contributed by atoms with van der Waals surface area (Å²) in [6.07, 6.45) is 1.91. The molecule has 128 valence electrons. The second-order valence-electron chi connectivity index (χ2n) is 5.52. The van der Waals surface area contributed by atoms with Crippen LogP contribution in [0, 0.1) is 6.92 Å². The minimum atomic E-state index is -0.0801. The molecule has 0 bridgehead atoms. The molecule has 2 rings (SSSR count). The Balaban J connectivity index is 1.91. The van der Waals surface area contributed by atoms with Crippen molar-refractivity contribution in [1.29, 1.82) is 0 Å². The number of aryl methyl sites for hydroxylation is 1. The van der Waals surface area contributed by atoms with Gasteiger partial charge in [-0.15, -0.1) is 11.8 Å². The molecule has 1 aliphatic rings. The summed E-state index contributed by atoms with van der Waals surface area (Å²) in [5.41, 5.74) is 1.42. The van der Waals surface area contributed by atoms with Gasteiger partial charge in [-0.1, -0.05) is 11.6 Å². The first kappa shape index (κ1) is 18.5. The van der Waals surface area contributed by atoms with Crippen molar-refractivity contribution in [3.05, 3.63) is 16.8 Å². The maximum absolute atomic E-state index is 12.3. The van der Waals surface area contributed by atoms with Crippen LogP contribution in [0.1, 0.15) is 5.69 Å². The molecule has 1 saturated heterocycles. The number of nitrogens with zero attached hydrogens (tertiary/aromatic N) is 3. The third-order valence-corrected chi connectivity index (χ3v) is 4.75. The highest BCUT2D eigenvalue weighted by molar-refractivity contribution is 7.98. The van der Waals surface area contributed by atoms with E-state index in [1.165, 1.54) is 11.8 Å². The summed E-state index contributed by atoms with van der Waals surface area (Å²) in [5.74, 6) is -0.0801. The van der Waals surface area contributed by atoms with E-state index in [2.05, 4.69) is 20.1 Å². The number of amides is 1. The van der Waals surface area contributed by atoms with Crippen molar-refractivity contribution in [2.45, 2.75) is 11.9 Å². The van der Waals surface area contributed by atoms with Gasteiger partial charge in [0.25, 0.3) is 0 Å². The third kappa shape index (κ3) is 5.32. The van der Waals surface area contributed by atoms with Crippen molar-refractivity contribution in [3.8, 4) is 0 Å². The summed E-state index contributed by atoms with van der Waals surface area (Å²) >= 11 is 7.71. The van der Waals surface area contributed by atoms with Crippen LogP contribution in [0.4, 0.5) is 5.69 Å². The summed E-state index contributed by atoms with van der Waals surface area (Å²) in [6, 6.07) is 1.75. The zero-order chi connectivity index (χ0) is 16.8. The summed E-state index contributed by atoms with van der Waals surface area (Å²) in [7, 11) is 0. The minimum Gasteiger partial charge on any atom is -0.395 e. The minimum absolute atomic E-state index is 0.0801. The first-order chi connectivity index (χ1) is 11.0. The maximum atomic E-state index is 12.3. The zero-order valence-corrected chi connectivity index (χ0v) is 15.1. The van der Waals surface area contributed by atoms with E-state index >= 15 is 0 Å². The number of aromatic nitrogens is 1. The van der Waals surface area contributed by atoms with Gasteiger partial charge in [0.05, 0.1) is 23.9 Å². The lowest BCUT2D eigenvalue weighted by Crippen LogP contribution is -2.49. The van der Waals surface area contributed by atoms with Gasteiger partial charge in [-0.2, -0.15) is 0 Å². The van der Waals surface area contributed by atoms with Crippen LogP contribution in [0.5, 0.6) is 0 Å². The monoisotopic (exact) mass is 358 g/mol. The van der Waals surface area contributed by atoms with Crippen molar-refractivity contribution in [3.63, 3.8) is 0 Å². The molecular weight excluding hydrogens is 336 g/mol. The van der Waals surface area contributed by atoms with E-state index in [0.717, 1.165) is 36.9 Å². The molecule has 0 spiro atoms. The Morgan fingerprint density at radius 2 is 2.04 bits per heavy atom. The van der Waals surface area contributed by atoms with E-state index in [9.17, 15) is 4.79 Å². The number of piperazine rings is 1. The second-order valence-corrected chi connectivity index (χ2v) is 6.72. The molecular formula is C15H23ClN4O2S. The van der Waals surface area contributed by atoms with Gasteiger partial charge >= 0.3 is 0 Å². The van der Waals surface area contributed by atoms with Gasteiger partial charge in [0.15, 0.2) is 0 Å². The van der Waals surface area contributed by atoms with Crippen molar-refractivity contribution in [2.75, 3.05) is 57.4 Å². The first-order valence-electron chi connectivity index (χ1n) is 7.60. The van der Waals surface area contributed by atoms with E-state index in [1.54, 1.807) is 6.07 Å². The molecule has 2 heterocycles. The molecule has 6 nitrogen and oxygen atoms in total. The quantitative estimate of drug-likeness (QED) is 0.747. The molecule has 8 heteroatoms. The number of aliphatic hydroxyl groups excluding tert-OH is 1. The van der Waals surface area contributed by atoms with Crippen LogP contribution in [0.15, 0.2) is 11.1 Å². The third-order valence-electron chi connectivity index (χ3n) is 3.77. The largest absolute Gasteiger partial charge is 0.395 e. The lowest BCUT2D eigenvalue weighted by Gasteiger charge is -2.33. The number of hydrogen-bond donors (Lipinski definition) is 2. The number of anilines is 1. The summed E-state index contributed by atoms with van der Waals surface area (Å²) in [4.78, 5) is 21.0. The number of carbonyl (C=O) groups excluding carboxylic acids is 1. The topological polar surface area (TPSA) is 68.7 Å². The van der Waals surface area contributed by atoms with Crippen LogP contribution < -0.4 is 5.32 Å². The summed E-state index contributed by atoms with van der Waals surface area (Å²) in [6.45, 7) is 6.48. The van der Waals surface area contributed by atoms with Gasteiger partial charge in [0.2, 0.25) is 5.91 Å². The van der Waals surface area contributed by atoms with Gasteiger partial charge in [0, 0.05) is 38.4 Å². The SMILES string of the molecule is CSc1nc(C)cc(Cl)c1NC(=O)CN1CCN(CCO)CC1. The molecule has 0 atom stereocenters. The van der Waals surface area contributed by atoms with Crippen molar-refractivity contribution in [2.24, 2.45) is 0 Å². The number of aliphatic hydroxyl groups is 1. The predicted molar refractivity (Wildman–Crippen MR) is 94.4 cm³/mol. The standard InChI is InChI=1S/C15H23ClN4O2S/c1-11-9-12(16)14(15(17-11)23-2)18-13(22)10-20-5-3-19(4-6-20)7-8-21/h9,21H,3-8,10H2,1-2H3,(H,18,22). The highest BCUT2D eigenvalue weighted by atomic mass is 35.5. The van der Waals surface area contributed by atoms with Crippen LogP contribution in [-0.4, -0.2) is 77.9 Å². The molecule has 1 aliphatic heterocycles. The van der Waals surface area contributed by atoms with E-state index < -0.39 is 0 Å². The molecule has 23 heavy (non-hydrogen) atoms. The normalized spacial score (nSPS) is 16.5. The van der Waals surface area contributed by atoms with Crippen molar-refractivity contribution < 1.29 is 9.90 Å². The Morgan fingerprint density at radius 1 is 1.39 bits per heavy atom. The Hall–Kier alpha value is -0.860. The highest BCUT2D eigenvalue weighted by Gasteiger charge is 2.20. The van der Waals surface area contributed by atoms with E-state index in [0.29, 0.717) is 23.8 Å². The fourth-order valence-corrected chi connectivity index (χ4v) is 3.51. The van der Waals surface area contributed by atoms with Crippen LogP contribution in [0.25, 0.3) is 0 Å². The average molecular weight is 359 g/mol. The first-order valence-corrected chi connectivity index (χ1v) is 9.20. The fourth-order valence-electron chi connectivity index (χ4n) is 2.56. The number of rotatable bonds is 6. The number of thioether (sulfide) groups is 1. The van der Waals surface area contributed by atoms with Crippen molar-refractivity contribution >= 4 is 35.0 Å². The molecule has 2 N–H and O–H groups in total. The zero-order valence-electron chi connectivity index (χ0n) is 13.5. The Bertz CT molecular complexity index is 551. The van der Waals surface area contributed by atoms with E-state index in [4.69, 9.17) is 16.7 Å². The van der Waals surface area contributed by atoms with Gasteiger partial charge in [-0.05, 0) is 19.2 Å². The van der Waals surface area contributed by atoms with E-state index in [1.807, 2.05) is 13.2 Å². The Labute approximate surface area is 146 Å². The number of halogens is 1. The van der Waals surface area contributed by atoms with Crippen LogP contribution in [0.3, 0.4) is 0 Å². The van der Waals surface area contributed by atoms with Crippen LogP contribution in [-0.2, 0) is 4.79 Å². The predicted octanol–water partition coefficient (Wildman–Crippen LogP) is 1.31. The van der Waals surface area contributed by atoms with Gasteiger partial charge in [-0.25, -0.2) is 4.98 Å². The second kappa shape index (κ2) is 8.84. The summed E-state index contributed by atoms with van der Waals surface area (Å²) < 4.78 is 0. The maximum Gasteiger partial charge on any atom is 0.238 e. The smallest absolute Gasteiger partial charge is 0.238 e. The molecule has 1 fully saturated rings. The number of hydrogen-bond acceptors (Lipinski definition) is 6. The van der Waals surface area contributed by atoms with Gasteiger partial charge < -0.3 is 10.4 Å². The summed E-state index contributed by atoms with van der Waals surface area (Å²) in [5, 5.41) is 13.1. The Morgan fingerprint density at radius 3 is 2.65 bits per heavy atom.